The van der Waals surface area contributed by atoms with Crippen molar-refractivity contribution in [2.24, 2.45) is 5.73 Å². The number of carbonyl (C=O) groups excluding carboxylic acids is 1. The molecule has 7 heteroatoms. The fourth-order valence-corrected chi connectivity index (χ4v) is 6.01. The number of unbranched alkanes of at least 4 members (excludes halogenated alkanes) is 1. The molecule has 1 aliphatic rings. The molecule has 0 fully saturated rings. The molecule has 1 aromatic heterocycles. The van der Waals surface area contributed by atoms with Crippen molar-refractivity contribution in [1.29, 1.82) is 0 Å². The number of carboxylic acids is 1. The Labute approximate surface area is 226 Å². The molecule has 1 amide bonds. The summed E-state index contributed by atoms with van der Waals surface area (Å²) in [6.45, 7) is 0.495. The number of nitrogens with one attached hydrogen (secondary N) is 3. The van der Waals surface area contributed by atoms with Crippen molar-refractivity contribution >= 4 is 44.3 Å². The lowest BCUT2D eigenvalue weighted by Crippen LogP contribution is -2.53. The Kier molecular flexibility index (Phi) is 6.77. The van der Waals surface area contributed by atoms with Crippen LogP contribution in [0.15, 0.2) is 78.9 Å². The first-order chi connectivity index (χ1) is 19.0. The molecule has 3 unspecified atom stereocenters. The van der Waals surface area contributed by atoms with Gasteiger partial charge >= 0.3 is 5.97 Å². The van der Waals surface area contributed by atoms with E-state index in [0.717, 1.165) is 55.7 Å². The number of amides is 1. The van der Waals surface area contributed by atoms with Gasteiger partial charge in [-0.15, -0.1) is 0 Å². The van der Waals surface area contributed by atoms with Crippen LogP contribution < -0.4 is 16.4 Å². The number of aliphatic carboxylic acids is 1. The number of aromatic nitrogens is 1. The maximum absolute atomic E-state index is 13.6. The molecule has 5 aromatic rings. The van der Waals surface area contributed by atoms with Gasteiger partial charge in [-0.05, 0) is 77.0 Å². The van der Waals surface area contributed by atoms with Gasteiger partial charge in [0.2, 0.25) is 5.91 Å². The van der Waals surface area contributed by atoms with Crippen molar-refractivity contribution in [3.8, 4) is 0 Å². The van der Waals surface area contributed by atoms with Gasteiger partial charge in [-0.25, -0.2) is 4.79 Å². The van der Waals surface area contributed by atoms with Gasteiger partial charge < -0.3 is 21.1 Å². The van der Waals surface area contributed by atoms with Crippen molar-refractivity contribution in [2.75, 3.05) is 6.54 Å². The number of benzene rings is 4. The molecule has 198 valence electrons. The summed E-state index contributed by atoms with van der Waals surface area (Å²) in [5, 5.41) is 21.8. The number of rotatable bonds is 8. The number of hydrogen-bond acceptors (Lipinski definition) is 4. The average Bonchev–Trinajstić information content (AvgIpc) is 3.33. The molecule has 6 rings (SSSR count). The highest BCUT2D eigenvalue weighted by molar-refractivity contribution is 6.03. The minimum Gasteiger partial charge on any atom is -0.480 e. The maximum Gasteiger partial charge on any atom is 0.326 e. The van der Waals surface area contributed by atoms with E-state index >= 15 is 0 Å². The van der Waals surface area contributed by atoms with Gasteiger partial charge in [0.1, 0.15) is 6.04 Å². The lowest BCUT2D eigenvalue weighted by molar-refractivity contribution is -0.142. The topological polar surface area (TPSA) is 120 Å². The molecule has 7 nitrogen and oxygen atoms in total. The Morgan fingerprint density at radius 1 is 0.923 bits per heavy atom. The van der Waals surface area contributed by atoms with E-state index in [9.17, 15) is 14.7 Å². The van der Waals surface area contributed by atoms with Crippen molar-refractivity contribution in [3.63, 3.8) is 0 Å². The molecule has 4 aromatic carbocycles. The Hall–Kier alpha value is -4.20. The van der Waals surface area contributed by atoms with Crippen LogP contribution in [0.2, 0.25) is 0 Å². The van der Waals surface area contributed by atoms with Crippen molar-refractivity contribution in [3.05, 3.63) is 95.7 Å². The molecule has 6 N–H and O–H groups in total. The van der Waals surface area contributed by atoms with Crippen LogP contribution >= 0.6 is 0 Å². The lowest BCUT2D eigenvalue weighted by Gasteiger charge is -2.33. The van der Waals surface area contributed by atoms with Gasteiger partial charge in [0.15, 0.2) is 0 Å². The summed E-state index contributed by atoms with van der Waals surface area (Å²) in [4.78, 5) is 29.2. The van der Waals surface area contributed by atoms with E-state index in [0.29, 0.717) is 25.8 Å². The predicted octanol–water partition coefficient (Wildman–Crippen LogP) is 4.78. The smallest absolute Gasteiger partial charge is 0.326 e. The number of hydrogen-bond donors (Lipinski definition) is 5. The molecule has 0 aliphatic carbocycles. The van der Waals surface area contributed by atoms with E-state index < -0.39 is 18.1 Å². The summed E-state index contributed by atoms with van der Waals surface area (Å²) in [6.07, 6.45) is 2.17. The molecule has 0 bridgehead atoms. The van der Waals surface area contributed by atoms with E-state index in [-0.39, 0.29) is 11.9 Å². The molecule has 0 radical (unpaired) electrons. The third kappa shape index (κ3) is 4.64. The molecule has 0 saturated heterocycles. The number of aromatic amines is 1. The van der Waals surface area contributed by atoms with Gasteiger partial charge in [-0.2, -0.15) is 0 Å². The standard InChI is InChI=1S/C32H32N4O3/c33-16-8-7-15-26(32(38)39)36-31(37)27-18-24-23-13-5-6-14-25(23)34-29(24)30(35-27)28-21-11-3-1-9-19(21)17-20-10-2-4-12-22(20)28/h1-6,9-14,17,26-27,30,34-35H,7-8,15-16,18,33H2,(H,36,37)(H,38,39). The summed E-state index contributed by atoms with van der Waals surface area (Å²) in [5.74, 6) is -1.33. The minimum absolute atomic E-state index is 0.298. The zero-order valence-electron chi connectivity index (χ0n) is 21.6. The highest BCUT2D eigenvalue weighted by Gasteiger charge is 2.36. The SMILES string of the molecule is NCCCCC(NC(=O)C1Cc2c([nH]c3ccccc23)C(c2c3ccccc3cc3ccccc23)N1)C(=O)O. The Morgan fingerprint density at radius 3 is 2.23 bits per heavy atom. The van der Waals surface area contributed by atoms with Gasteiger partial charge in [0.05, 0.1) is 12.1 Å². The van der Waals surface area contributed by atoms with E-state index in [1.165, 1.54) is 0 Å². The van der Waals surface area contributed by atoms with Crippen molar-refractivity contribution in [1.82, 2.24) is 15.6 Å². The Balaban J connectivity index is 1.47. The highest BCUT2D eigenvalue weighted by Crippen LogP contribution is 2.41. The zero-order chi connectivity index (χ0) is 26.9. The van der Waals surface area contributed by atoms with Gasteiger partial charge in [0.25, 0.3) is 0 Å². The van der Waals surface area contributed by atoms with E-state index in [4.69, 9.17) is 5.73 Å². The third-order valence-corrected chi connectivity index (χ3v) is 7.89. The fourth-order valence-electron chi connectivity index (χ4n) is 6.01. The summed E-state index contributed by atoms with van der Waals surface area (Å²) in [5.41, 5.74) is 9.84. The minimum atomic E-state index is -1.03. The first kappa shape index (κ1) is 25.1. The molecule has 39 heavy (non-hydrogen) atoms. The van der Waals surface area contributed by atoms with Crippen molar-refractivity contribution in [2.45, 2.75) is 43.8 Å². The fraction of sp³-hybridized carbons (Fsp3) is 0.250. The van der Waals surface area contributed by atoms with Crippen LogP contribution in [-0.2, 0) is 16.0 Å². The van der Waals surface area contributed by atoms with Crippen LogP contribution in [0.4, 0.5) is 0 Å². The molecular weight excluding hydrogens is 488 g/mol. The lowest BCUT2D eigenvalue weighted by atomic mass is 9.85. The number of nitrogens with two attached hydrogens (primary N) is 1. The maximum atomic E-state index is 13.6. The summed E-state index contributed by atoms with van der Waals surface area (Å²) >= 11 is 0. The van der Waals surface area contributed by atoms with E-state index in [1.807, 2.05) is 36.4 Å². The van der Waals surface area contributed by atoms with Crippen LogP contribution in [0.3, 0.4) is 0 Å². The molecular formula is C32H32N4O3. The Morgan fingerprint density at radius 2 is 1.56 bits per heavy atom. The summed E-state index contributed by atoms with van der Waals surface area (Å²) in [6, 6.07) is 25.1. The third-order valence-electron chi connectivity index (χ3n) is 7.89. The number of H-pyrrole nitrogens is 1. The highest BCUT2D eigenvalue weighted by atomic mass is 16.4. The summed E-state index contributed by atoms with van der Waals surface area (Å²) in [7, 11) is 0. The zero-order valence-corrected chi connectivity index (χ0v) is 21.6. The second-order valence-electron chi connectivity index (χ2n) is 10.3. The average molecular weight is 521 g/mol. The van der Waals surface area contributed by atoms with Gasteiger partial charge in [-0.1, -0.05) is 66.7 Å². The van der Waals surface area contributed by atoms with Crippen LogP contribution in [0.5, 0.6) is 0 Å². The molecule has 1 aliphatic heterocycles. The second-order valence-corrected chi connectivity index (χ2v) is 10.3. The molecule has 0 saturated carbocycles. The summed E-state index contributed by atoms with van der Waals surface area (Å²) < 4.78 is 0. The number of fused-ring (bicyclic) bond motifs is 5. The normalized spacial score (nSPS) is 17.8. The Bertz CT molecular complexity index is 1640. The molecule has 0 spiro atoms. The molecule has 2 heterocycles. The predicted molar refractivity (Wildman–Crippen MR) is 155 cm³/mol. The van der Waals surface area contributed by atoms with E-state index in [2.05, 4.69) is 58.1 Å². The first-order valence-electron chi connectivity index (χ1n) is 13.5. The monoisotopic (exact) mass is 520 g/mol. The van der Waals surface area contributed by atoms with Crippen LogP contribution in [-0.4, -0.2) is 40.6 Å². The number of para-hydroxylation sites is 1. The van der Waals surface area contributed by atoms with Crippen LogP contribution in [0.1, 0.15) is 42.1 Å². The van der Waals surface area contributed by atoms with Gasteiger partial charge in [-0.3, -0.25) is 10.1 Å². The molecule has 3 atom stereocenters. The second kappa shape index (κ2) is 10.5. The van der Waals surface area contributed by atoms with Crippen LogP contribution in [0.25, 0.3) is 32.4 Å². The van der Waals surface area contributed by atoms with Gasteiger partial charge in [0, 0.05) is 16.6 Å². The number of carbonyl (C=O) groups is 2. The van der Waals surface area contributed by atoms with Crippen LogP contribution in [0, 0.1) is 0 Å². The number of carboxylic acid groups (broad SMARTS) is 1. The largest absolute Gasteiger partial charge is 0.480 e. The first-order valence-corrected chi connectivity index (χ1v) is 13.5. The van der Waals surface area contributed by atoms with E-state index in [1.54, 1.807) is 0 Å². The quantitative estimate of drug-likeness (QED) is 0.149. The van der Waals surface area contributed by atoms with Crippen molar-refractivity contribution < 1.29 is 14.7 Å².